The number of benzene rings is 2. The Balaban J connectivity index is 2.05. The summed E-state index contributed by atoms with van der Waals surface area (Å²) in [4.78, 5) is 15.1. The lowest BCUT2D eigenvalue weighted by Gasteiger charge is -2.13. The van der Waals surface area contributed by atoms with Crippen LogP contribution in [0.3, 0.4) is 0 Å². The van der Waals surface area contributed by atoms with Crippen LogP contribution < -0.4 is 5.32 Å². The Morgan fingerprint density at radius 1 is 1.10 bits per heavy atom. The van der Waals surface area contributed by atoms with Gasteiger partial charge in [0.1, 0.15) is 11.6 Å². The molecule has 0 radical (unpaired) electrons. The van der Waals surface area contributed by atoms with Gasteiger partial charge in [0, 0.05) is 28.6 Å². The second-order valence-electron chi connectivity index (χ2n) is 6.31. The van der Waals surface area contributed by atoms with Crippen LogP contribution in [0.5, 0.6) is 5.75 Å². The monoisotopic (exact) mass is 462 g/mol. The molecule has 0 atom stereocenters. The van der Waals surface area contributed by atoms with E-state index >= 15 is 0 Å². The average Bonchev–Trinajstić information content (AvgIpc) is 2.69. The van der Waals surface area contributed by atoms with Crippen molar-refractivity contribution in [3.63, 3.8) is 0 Å². The number of nitrogens with zero attached hydrogens (tertiary/aromatic N) is 1. The number of rotatable bonds is 7. The number of carboxylic acids is 1. The maximum Gasteiger partial charge on any atom is 0.303 e. The number of nitrogens with one attached hydrogen (secondary N) is 1. The van der Waals surface area contributed by atoms with Gasteiger partial charge in [-0.15, -0.1) is 0 Å². The van der Waals surface area contributed by atoms with Crippen molar-refractivity contribution >= 4 is 27.7 Å². The first-order chi connectivity index (χ1) is 13.8. The van der Waals surface area contributed by atoms with E-state index in [0.29, 0.717) is 40.1 Å². The van der Waals surface area contributed by atoms with Gasteiger partial charge in [0.2, 0.25) is 0 Å². The first kappa shape index (κ1) is 20.7. The molecule has 0 aliphatic rings. The van der Waals surface area contributed by atoms with Crippen LogP contribution in [0.4, 0.5) is 14.6 Å². The number of phenols is 1. The first-order valence-electron chi connectivity index (χ1n) is 8.76. The summed E-state index contributed by atoms with van der Waals surface area (Å²) in [7, 11) is 0. The molecule has 3 rings (SSSR count). The lowest BCUT2D eigenvalue weighted by molar-refractivity contribution is -0.137. The van der Waals surface area contributed by atoms with Crippen LogP contribution in [0.25, 0.3) is 22.4 Å². The molecule has 1 aromatic heterocycles. The maximum absolute atomic E-state index is 14.4. The normalized spacial score (nSPS) is 10.7. The Morgan fingerprint density at radius 3 is 2.66 bits per heavy atom. The predicted molar refractivity (Wildman–Crippen MR) is 110 cm³/mol. The number of aliphatic carboxylic acids is 1. The topological polar surface area (TPSA) is 82.5 Å². The Kier molecular flexibility index (Phi) is 6.43. The molecule has 3 aromatic rings. The van der Waals surface area contributed by atoms with Gasteiger partial charge in [-0.1, -0.05) is 28.1 Å². The highest BCUT2D eigenvalue weighted by Crippen LogP contribution is 2.35. The van der Waals surface area contributed by atoms with Crippen LogP contribution >= 0.6 is 15.9 Å². The lowest BCUT2D eigenvalue weighted by Crippen LogP contribution is -2.07. The smallest absolute Gasteiger partial charge is 0.303 e. The zero-order chi connectivity index (χ0) is 21.0. The van der Waals surface area contributed by atoms with E-state index in [1.807, 2.05) is 0 Å². The molecule has 1 heterocycles. The number of anilines is 1. The number of hydrogen-bond acceptors (Lipinski definition) is 4. The fourth-order valence-electron chi connectivity index (χ4n) is 2.81. The maximum atomic E-state index is 14.4. The Morgan fingerprint density at radius 2 is 1.90 bits per heavy atom. The molecule has 0 fully saturated rings. The van der Waals surface area contributed by atoms with E-state index in [2.05, 4.69) is 26.2 Å². The van der Waals surface area contributed by atoms with Crippen LogP contribution in [0.1, 0.15) is 12.8 Å². The van der Waals surface area contributed by atoms with Crippen LogP contribution in [0, 0.1) is 11.6 Å². The summed E-state index contributed by atoms with van der Waals surface area (Å²) in [6, 6.07) is 11.8. The highest BCUT2D eigenvalue weighted by molar-refractivity contribution is 9.10. The summed E-state index contributed by atoms with van der Waals surface area (Å²) >= 11 is 3.34. The summed E-state index contributed by atoms with van der Waals surface area (Å²) < 4.78 is 28.8. The predicted octanol–water partition coefficient (Wildman–Crippen LogP) is 5.44. The third-order valence-electron chi connectivity index (χ3n) is 4.20. The standard InChI is InChI=1S/C21H17BrF2N2O3/c22-13-6-7-18(27)15(11-13)17-9-12(14-3-1-4-16(23)21(14)24)10-19(26-17)25-8-2-5-20(28)29/h1,3-4,6-7,9-11,27H,2,5,8H2,(H,25,26)(H,28,29). The van der Waals surface area contributed by atoms with Crippen molar-refractivity contribution in [3.05, 3.63) is 64.6 Å². The van der Waals surface area contributed by atoms with Crippen LogP contribution in [-0.2, 0) is 4.79 Å². The minimum Gasteiger partial charge on any atom is -0.507 e. The van der Waals surface area contributed by atoms with Crippen molar-refractivity contribution in [2.75, 3.05) is 11.9 Å². The van der Waals surface area contributed by atoms with Gasteiger partial charge >= 0.3 is 5.97 Å². The van der Waals surface area contributed by atoms with E-state index < -0.39 is 17.6 Å². The molecule has 3 N–H and O–H groups in total. The van der Waals surface area contributed by atoms with Gasteiger partial charge in [-0.05, 0) is 48.4 Å². The van der Waals surface area contributed by atoms with Crippen molar-refractivity contribution < 1.29 is 23.8 Å². The van der Waals surface area contributed by atoms with Crippen LogP contribution in [0.2, 0.25) is 0 Å². The fraction of sp³-hybridized carbons (Fsp3) is 0.143. The Labute approximate surface area is 174 Å². The molecule has 0 amide bonds. The largest absolute Gasteiger partial charge is 0.507 e. The molecule has 0 saturated carbocycles. The van der Waals surface area contributed by atoms with Gasteiger partial charge in [0.05, 0.1) is 5.69 Å². The van der Waals surface area contributed by atoms with E-state index in [-0.39, 0.29) is 17.7 Å². The zero-order valence-electron chi connectivity index (χ0n) is 15.1. The van der Waals surface area contributed by atoms with Crippen molar-refractivity contribution in [3.8, 4) is 28.1 Å². The van der Waals surface area contributed by atoms with Gasteiger partial charge < -0.3 is 15.5 Å². The molecule has 8 heteroatoms. The van der Waals surface area contributed by atoms with Crippen LogP contribution in [0.15, 0.2) is 53.0 Å². The van der Waals surface area contributed by atoms with Crippen molar-refractivity contribution in [1.29, 1.82) is 0 Å². The van der Waals surface area contributed by atoms with Crippen molar-refractivity contribution in [1.82, 2.24) is 4.98 Å². The molecule has 0 bridgehead atoms. The van der Waals surface area contributed by atoms with Gasteiger partial charge in [0.15, 0.2) is 11.6 Å². The number of carboxylic acid groups (broad SMARTS) is 1. The summed E-state index contributed by atoms with van der Waals surface area (Å²) in [6.07, 6.45) is 0.359. The molecule has 29 heavy (non-hydrogen) atoms. The molecule has 0 aliphatic heterocycles. The summed E-state index contributed by atoms with van der Waals surface area (Å²) in [5.41, 5.74) is 1.18. The Bertz CT molecular complexity index is 1040. The van der Waals surface area contributed by atoms with E-state index in [0.717, 1.165) is 6.07 Å². The second kappa shape index (κ2) is 9.00. The molecular formula is C21H17BrF2N2O3. The number of aromatic nitrogens is 1. The first-order valence-corrected chi connectivity index (χ1v) is 9.55. The van der Waals surface area contributed by atoms with E-state index in [4.69, 9.17) is 5.11 Å². The van der Waals surface area contributed by atoms with E-state index in [9.17, 15) is 18.7 Å². The third-order valence-corrected chi connectivity index (χ3v) is 4.69. The molecule has 0 unspecified atom stereocenters. The highest BCUT2D eigenvalue weighted by atomic mass is 79.9. The minimum absolute atomic E-state index is 0.00943. The molecule has 0 spiro atoms. The number of halogens is 3. The molecule has 0 aliphatic carbocycles. The van der Waals surface area contributed by atoms with Gasteiger partial charge in [-0.25, -0.2) is 13.8 Å². The highest BCUT2D eigenvalue weighted by Gasteiger charge is 2.15. The fourth-order valence-corrected chi connectivity index (χ4v) is 3.17. The van der Waals surface area contributed by atoms with Crippen molar-refractivity contribution in [2.24, 2.45) is 0 Å². The Hall–Kier alpha value is -3.00. The molecule has 0 saturated heterocycles. The van der Waals surface area contributed by atoms with E-state index in [1.165, 1.54) is 18.2 Å². The number of pyridine rings is 1. The third kappa shape index (κ3) is 5.08. The minimum atomic E-state index is -0.986. The second-order valence-corrected chi connectivity index (χ2v) is 7.23. The molecular weight excluding hydrogens is 446 g/mol. The SMILES string of the molecule is O=C(O)CCCNc1cc(-c2cccc(F)c2F)cc(-c2cc(Br)ccc2O)n1. The van der Waals surface area contributed by atoms with Crippen molar-refractivity contribution in [2.45, 2.75) is 12.8 Å². The molecule has 5 nitrogen and oxygen atoms in total. The number of hydrogen-bond donors (Lipinski definition) is 3. The molecule has 2 aromatic carbocycles. The van der Waals surface area contributed by atoms with Crippen LogP contribution in [-0.4, -0.2) is 27.7 Å². The number of carbonyl (C=O) groups is 1. The lowest BCUT2D eigenvalue weighted by atomic mass is 10.0. The van der Waals surface area contributed by atoms with E-state index in [1.54, 1.807) is 24.3 Å². The van der Waals surface area contributed by atoms with Gasteiger partial charge in [-0.2, -0.15) is 0 Å². The number of phenolic OH excluding ortho intramolecular Hbond substituents is 1. The molecule has 150 valence electrons. The van der Waals surface area contributed by atoms with Gasteiger partial charge in [0.25, 0.3) is 0 Å². The summed E-state index contributed by atoms with van der Waals surface area (Å²) in [6.45, 7) is 0.332. The summed E-state index contributed by atoms with van der Waals surface area (Å²) in [5.74, 6) is -2.53. The number of aromatic hydroxyl groups is 1. The average molecular weight is 463 g/mol. The summed E-state index contributed by atoms with van der Waals surface area (Å²) in [5, 5.41) is 22.0. The zero-order valence-corrected chi connectivity index (χ0v) is 16.7. The quantitative estimate of drug-likeness (QED) is 0.407. The van der Waals surface area contributed by atoms with Gasteiger partial charge in [-0.3, -0.25) is 4.79 Å².